The summed E-state index contributed by atoms with van der Waals surface area (Å²) in [6, 6.07) is 2.30. The Morgan fingerprint density at radius 1 is 1.21 bits per heavy atom. The Bertz CT molecular complexity index is 724. The molecule has 1 unspecified atom stereocenters. The summed E-state index contributed by atoms with van der Waals surface area (Å²) in [7, 11) is 1.69. The van der Waals surface area contributed by atoms with E-state index in [0.29, 0.717) is 26.4 Å². The van der Waals surface area contributed by atoms with E-state index >= 15 is 0 Å². The van der Waals surface area contributed by atoms with Crippen LogP contribution in [0.15, 0.2) is 6.07 Å². The number of hydrogen-bond donors (Lipinski definition) is 0. The van der Waals surface area contributed by atoms with Gasteiger partial charge in [-0.2, -0.15) is 0 Å². The molecular weight excluding hydrogens is 370 g/mol. The van der Waals surface area contributed by atoms with Crippen molar-refractivity contribution >= 4 is 11.8 Å². The third-order valence-corrected chi connectivity index (χ3v) is 6.35. The summed E-state index contributed by atoms with van der Waals surface area (Å²) in [4.78, 5) is 29.8. The number of rotatable bonds is 6. The molecular formula is C22H35N3O4. The monoisotopic (exact) mass is 405 g/mol. The highest BCUT2D eigenvalue weighted by Crippen LogP contribution is 2.25. The molecule has 0 aromatic carbocycles. The molecule has 7 heteroatoms. The Morgan fingerprint density at radius 3 is 2.59 bits per heavy atom. The lowest BCUT2D eigenvalue weighted by atomic mass is 9.98. The van der Waals surface area contributed by atoms with Gasteiger partial charge >= 0.3 is 0 Å². The minimum Gasteiger partial charge on any atom is -0.383 e. The quantitative estimate of drug-likeness (QED) is 0.729. The first-order valence-corrected chi connectivity index (χ1v) is 10.8. The number of aromatic nitrogens is 1. The molecule has 2 fully saturated rings. The molecule has 3 heterocycles. The molecule has 2 aliphatic heterocycles. The molecule has 3 rings (SSSR count). The van der Waals surface area contributed by atoms with Crippen LogP contribution in [0.4, 0.5) is 0 Å². The number of methoxy groups -OCH3 is 1. The second kappa shape index (κ2) is 9.76. The fourth-order valence-electron chi connectivity index (χ4n) is 4.86. The Balaban J connectivity index is 1.74. The SMILES string of the molecule is COCCn1c(C)cc(C(=O)N2CCCC(N(C(C)=O)C3CCOCC3)C2)c1C. The predicted octanol–water partition coefficient (Wildman–Crippen LogP) is 2.38. The fourth-order valence-corrected chi connectivity index (χ4v) is 4.86. The van der Waals surface area contributed by atoms with Crippen LogP contribution in [-0.2, 0) is 20.8 Å². The Kier molecular flexibility index (Phi) is 7.35. The molecule has 1 aromatic heterocycles. The molecule has 7 nitrogen and oxygen atoms in total. The van der Waals surface area contributed by atoms with Crippen LogP contribution >= 0.6 is 0 Å². The maximum absolute atomic E-state index is 13.3. The molecule has 2 saturated heterocycles. The van der Waals surface area contributed by atoms with Crippen molar-refractivity contribution in [3.8, 4) is 0 Å². The van der Waals surface area contributed by atoms with Gasteiger partial charge in [0.25, 0.3) is 5.91 Å². The average molecular weight is 406 g/mol. The minimum atomic E-state index is 0.0712. The number of likely N-dealkylation sites (tertiary alicyclic amines) is 1. The van der Waals surface area contributed by atoms with E-state index in [1.165, 1.54) is 0 Å². The summed E-state index contributed by atoms with van der Waals surface area (Å²) in [5, 5.41) is 0. The predicted molar refractivity (Wildman–Crippen MR) is 111 cm³/mol. The highest BCUT2D eigenvalue weighted by Gasteiger charge is 2.35. The zero-order valence-corrected chi connectivity index (χ0v) is 18.3. The summed E-state index contributed by atoms with van der Waals surface area (Å²) in [6.07, 6.45) is 3.63. The number of carbonyl (C=O) groups excluding carboxylic acids is 2. The van der Waals surface area contributed by atoms with Crippen LogP contribution in [0.25, 0.3) is 0 Å². The van der Waals surface area contributed by atoms with E-state index < -0.39 is 0 Å². The molecule has 162 valence electrons. The van der Waals surface area contributed by atoms with E-state index in [4.69, 9.17) is 9.47 Å². The largest absolute Gasteiger partial charge is 0.383 e. The molecule has 0 bridgehead atoms. The second-order valence-electron chi connectivity index (χ2n) is 8.25. The van der Waals surface area contributed by atoms with Crippen molar-refractivity contribution in [2.75, 3.05) is 40.0 Å². The van der Waals surface area contributed by atoms with Crippen LogP contribution in [0, 0.1) is 13.8 Å². The second-order valence-corrected chi connectivity index (χ2v) is 8.25. The van der Waals surface area contributed by atoms with Crippen LogP contribution in [-0.4, -0.2) is 78.3 Å². The van der Waals surface area contributed by atoms with Crippen LogP contribution < -0.4 is 0 Å². The van der Waals surface area contributed by atoms with Crippen molar-refractivity contribution in [2.45, 2.75) is 65.1 Å². The number of piperidine rings is 1. The minimum absolute atomic E-state index is 0.0712. The molecule has 29 heavy (non-hydrogen) atoms. The van der Waals surface area contributed by atoms with E-state index in [1.54, 1.807) is 14.0 Å². The van der Waals surface area contributed by atoms with Gasteiger partial charge in [-0.1, -0.05) is 0 Å². The van der Waals surface area contributed by atoms with Gasteiger partial charge in [0.2, 0.25) is 5.91 Å². The number of ether oxygens (including phenoxy) is 2. The molecule has 0 N–H and O–H groups in total. The first kappa shape index (κ1) is 21.8. The van der Waals surface area contributed by atoms with Gasteiger partial charge in [0.1, 0.15) is 0 Å². The summed E-state index contributed by atoms with van der Waals surface area (Å²) in [5.74, 6) is 0.177. The van der Waals surface area contributed by atoms with Crippen LogP contribution in [0.3, 0.4) is 0 Å². The summed E-state index contributed by atoms with van der Waals surface area (Å²) < 4.78 is 12.8. The molecule has 0 radical (unpaired) electrons. The number of nitrogens with zero attached hydrogens (tertiary/aromatic N) is 3. The smallest absolute Gasteiger partial charge is 0.255 e. The van der Waals surface area contributed by atoms with Crippen molar-refractivity contribution < 1.29 is 19.1 Å². The topological polar surface area (TPSA) is 64.0 Å². The average Bonchev–Trinajstić information content (AvgIpc) is 3.00. The lowest BCUT2D eigenvalue weighted by Gasteiger charge is -2.44. The van der Waals surface area contributed by atoms with Gasteiger partial charge in [-0.05, 0) is 45.6 Å². The van der Waals surface area contributed by atoms with Crippen molar-refractivity contribution in [3.05, 3.63) is 23.0 Å². The summed E-state index contributed by atoms with van der Waals surface area (Å²) in [6.45, 7) is 9.81. The molecule has 2 aliphatic rings. The Morgan fingerprint density at radius 2 is 1.93 bits per heavy atom. The standard InChI is InChI=1S/C22H35N3O4/c1-16-14-21(17(2)24(16)10-13-28-4)22(27)23-9-5-6-20(15-23)25(18(3)26)19-7-11-29-12-8-19/h14,19-20H,5-13,15H2,1-4H3. The Labute approximate surface area is 173 Å². The van der Waals surface area contributed by atoms with E-state index in [1.807, 2.05) is 29.7 Å². The van der Waals surface area contributed by atoms with E-state index in [9.17, 15) is 9.59 Å². The third kappa shape index (κ3) is 4.83. The first-order chi connectivity index (χ1) is 13.9. The van der Waals surface area contributed by atoms with E-state index in [0.717, 1.165) is 55.7 Å². The lowest BCUT2D eigenvalue weighted by molar-refractivity contribution is -0.137. The van der Waals surface area contributed by atoms with Gasteiger partial charge < -0.3 is 23.8 Å². The fraction of sp³-hybridized carbons (Fsp3) is 0.727. The summed E-state index contributed by atoms with van der Waals surface area (Å²) >= 11 is 0. The molecule has 2 amide bonds. The number of amides is 2. The summed E-state index contributed by atoms with van der Waals surface area (Å²) in [5.41, 5.74) is 2.82. The lowest BCUT2D eigenvalue weighted by Crippen LogP contribution is -2.55. The maximum Gasteiger partial charge on any atom is 0.255 e. The van der Waals surface area contributed by atoms with Gasteiger partial charge in [0.05, 0.1) is 12.2 Å². The van der Waals surface area contributed by atoms with Crippen molar-refractivity contribution in [1.29, 1.82) is 0 Å². The van der Waals surface area contributed by atoms with Gasteiger partial charge in [0.15, 0.2) is 0 Å². The van der Waals surface area contributed by atoms with Crippen molar-refractivity contribution in [1.82, 2.24) is 14.4 Å². The van der Waals surface area contributed by atoms with Crippen LogP contribution in [0.2, 0.25) is 0 Å². The zero-order chi connectivity index (χ0) is 21.0. The van der Waals surface area contributed by atoms with Crippen LogP contribution in [0.5, 0.6) is 0 Å². The maximum atomic E-state index is 13.3. The highest BCUT2D eigenvalue weighted by atomic mass is 16.5. The highest BCUT2D eigenvalue weighted by molar-refractivity contribution is 5.96. The number of carbonyl (C=O) groups is 2. The zero-order valence-electron chi connectivity index (χ0n) is 18.3. The molecule has 0 spiro atoms. The van der Waals surface area contributed by atoms with E-state index in [-0.39, 0.29) is 23.9 Å². The van der Waals surface area contributed by atoms with Gasteiger partial charge in [-0.25, -0.2) is 0 Å². The molecule has 1 aromatic rings. The number of hydrogen-bond acceptors (Lipinski definition) is 4. The molecule has 0 aliphatic carbocycles. The normalized spacial score (nSPS) is 20.7. The van der Waals surface area contributed by atoms with Crippen LogP contribution in [0.1, 0.15) is 54.4 Å². The Hall–Kier alpha value is -1.86. The molecule has 1 atom stereocenters. The van der Waals surface area contributed by atoms with E-state index in [2.05, 4.69) is 4.57 Å². The molecule has 0 saturated carbocycles. The van der Waals surface area contributed by atoms with Gasteiger partial charge in [0, 0.05) is 70.4 Å². The number of aryl methyl sites for hydroxylation is 1. The van der Waals surface area contributed by atoms with Gasteiger partial charge in [-0.15, -0.1) is 0 Å². The van der Waals surface area contributed by atoms with Crippen molar-refractivity contribution in [3.63, 3.8) is 0 Å². The van der Waals surface area contributed by atoms with Crippen molar-refractivity contribution in [2.24, 2.45) is 0 Å². The third-order valence-electron chi connectivity index (χ3n) is 6.35. The van der Waals surface area contributed by atoms with Gasteiger partial charge in [-0.3, -0.25) is 9.59 Å². The first-order valence-electron chi connectivity index (χ1n) is 10.8.